The van der Waals surface area contributed by atoms with Crippen LogP contribution in [0.1, 0.15) is 25.0 Å². The van der Waals surface area contributed by atoms with Crippen molar-refractivity contribution in [2.75, 3.05) is 31.1 Å². The normalized spacial score (nSPS) is 24.9. The Labute approximate surface area is 113 Å². The smallest absolute Gasteiger partial charge is 0.151 e. The van der Waals surface area contributed by atoms with Crippen LogP contribution in [-0.4, -0.2) is 47.3 Å². The molecule has 1 aromatic heterocycles. The van der Waals surface area contributed by atoms with Crippen LogP contribution in [0.3, 0.4) is 0 Å². The van der Waals surface area contributed by atoms with E-state index in [1.807, 2.05) is 12.1 Å². The van der Waals surface area contributed by atoms with Crippen molar-refractivity contribution in [3.63, 3.8) is 0 Å². The fraction of sp³-hybridized carbons (Fsp3) is 0.692. The van der Waals surface area contributed by atoms with Crippen molar-refractivity contribution in [2.24, 2.45) is 0 Å². The first kappa shape index (κ1) is 12.2. The first-order chi connectivity index (χ1) is 8.86. The molecule has 0 saturated carbocycles. The Morgan fingerprint density at radius 2 is 2.00 bits per heavy atom. The number of alkyl halides is 1. The molecule has 0 aliphatic carbocycles. The highest BCUT2D eigenvalue weighted by Crippen LogP contribution is 2.23. The molecule has 2 aliphatic rings. The van der Waals surface area contributed by atoms with Crippen molar-refractivity contribution in [2.45, 2.75) is 31.2 Å². The maximum absolute atomic E-state index is 5.73. The summed E-state index contributed by atoms with van der Waals surface area (Å²) in [5.41, 5.74) is 0.843. The van der Waals surface area contributed by atoms with E-state index in [0.29, 0.717) is 11.9 Å². The Kier molecular flexibility index (Phi) is 3.66. The summed E-state index contributed by atoms with van der Waals surface area (Å²) in [5.74, 6) is 1.43. The number of hydrogen-bond acceptors (Lipinski definition) is 4. The molecule has 0 N–H and O–H groups in total. The molecule has 18 heavy (non-hydrogen) atoms. The van der Waals surface area contributed by atoms with Gasteiger partial charge in [-0.1, -0.05) is 0 Å². The van der Waals surface area contributed by atoms with Crippen LogP contribution in [0.5, 0.6) is 0 Å². The molecular weight excluding hydrogens is 248 g/mol. The Balaban J connectivity index is 1.63. The summed E-state index contributed by atoms with van der Waals surface area (Å²) in [6.07, 6.45) is 3.97. The van der Waals surface area contributed by atoms with E-state index >= 15 is 0 Å². The van der Waals surface area contributed by atoms with E-state index < -0.39 is 0 Å². The molecule has 3 rings (SSSR count). The molecule has 1 unspecified atom stereocenters. The van der Waals surface area contributed by atoms with Crippen molar-refractivity contribution in [1.82, 2.24) is 15.1 Å². The highest BCUT2D eigenvalue weighted by atomic mass is 35.5. The van der Waals surface area contributed by atoms with Gasteiger partial charge in [0, 0.05) is 19.1 Å². The standard InChI is InChI=1S/C13H19ClN4/c14-9-11-3-4-13(16-15-11)18-8-5-12(10-18)17-6-1-2-7-17/h3-4,12H,1-2,5-10H2. The van der Waals surface area contributed by atoms with Gasteiger partial charge in [-0.2, -0.15) is 5.10 Å². The van der Waals surface area contributed by atoms with E-state index in [1.54, 1.807) is 0 Å². The minimum absolute atomic E-state index is 0.434. The summed E-state index contributed by atoms with van der Waals surface area (Å²) in [7, 11) is 0. The van der Waals surface area contributed by atoms with Gasteiger partial charge in [-0.15, -0.1) is 16.7 Å². The van der Waals surface area contributed by atoms with Crippen LogP contribution in [0.15, 0.2) is 12.1 Å². The lowest BCUT2D eigenvalue weighted by atomic mass is 10.2. The van der Waals surface area contributed by atoms with Gasteiger partial charge in [-0.3, -0.25) is 4.90 Å². The minimum Gasteiger partial charge on any atom is -0.354 e. The van der Waals surface area contributed by atoms with Gasteiger partial charge in [0.2, 0.25) is 0 Å². The van der Waals surface area contributed by atoms with Crippen LogP contribution < -0.4 is 4.90 Å². The number of halogens is 1. The van der Waals surface area contributed by atoms with Crippen LogP contribution in [0, 0.1) is 0 Å². The van der Waals surface area contributed by atoms with E-state index in [-0.39, 0.29) is 0 Å². The van der Waals surface area contributed by atoms with E-state index in [9.17, 15) is 0 Å². The maximum Gasteiger partial charge on any atom is 0.151 e. The van der Waals surface area contributed by atoms with E-state index in [4.69, 9.17) is 11.6 Å². The molecule has 2 saturated heterocycles. The van der Waals surface area contributed by atoms with Crippen LogP contribution in [0.4, 0.5) is 5.82 Å². The van der Waals surface area contributed by atoms with Gasteiger partial charge in [-0.25, -0.2) is 0 Å². The van der Waals surface area contributed by atoms with Crippen molar-refractivity contribution < 1.29 is 0 Å². The average molecular weight is 267 g/mol. The zero-order valence-electron chi connectivity index (χ0n) is 10.6. The number of aromatic nitrogens is 2. The molecule has 0 bridgehead atoms. The van der Waals surface area contributed by atoms with Gasteiger partial charge in [-0.05, 0) is 44.5 Å². The lowest BCUT2D eigenvalue weighted by molar-refractivity contribution is 0.260. The Hall–Kier alpha value is -0.870. The number of rotatable bonds is 3. The lowest BCUT2D eigenvalue weighted by Crippen LogP contribution is -2.35. The quantitative estimate of drug-likeness (QED) is 0.782. The molecular formula is C13H19ClN4. The summed E-state index contributed by atoms with van der Waals surface area (Å²) in [5, 5.41) is 8.39. The first-order valence-electron chi connectivity index (χ1n) is 6.74. The molecule has 98 valence electrons. The van der Waals surface area contributed by atoms with Crippen molar-refractivity contribution in [3.05, 3.63) is 17.8 Å². The predicted octanol–water partition coefficient (Wildman–Crippen LogP) is 1.89. The molecule has 2 fully saturated rings. The van der Waals surface area contributed by atoms with Gasteiger partial charge >= 0.3 is 0 Å². The third kappa shape index (κ3) is 2.45. The summed E-state index contributed by atoms with van der Waals surface area (Å²) in [4.78, 5) is 4.97. The molecule has 5 heteroatoms. The molecule has 3 heterocycles. The monoisotopic (exact) mass is 266 g/mol. The molecule has 0 amide bonds. The van der Waals surface area contributed by atoms with Gasteiger partial charge in [0.25, 0.3) is 0 Å². The molecule has 1 atom stereocenters. The summed E-state index contributed by atoms with van der Waals surface area (Å²) >= 11 is 5.73. The van der Waals surface area contributed by atoms with Crippen LogP contribution in [0.25, 0.3) is 0 Å². The van der Waals surface area contributed by atoms with E-state index in [0.717, 1.165) is 24.6 Å². The van der Waals surface area contributed by atoms with E-state index in [1.165, 1.54) is 32.4 Å². The zero-order chi connectivity index (χ0) is 12.4. The molecule has 1 aromatic rings. The van der Waals surface area contributed by atoms with Crippen molar-refractivity contribution in [3.8, 4) is 0 Å². The summed E-state index contributed by atoms with van der Waals surface area (Å²) in [6, 6.07) is 4.72. The second-order valence-corrected chi connectivity index (χ2v) is 5.42. The Morgan fingerprint density at radius 3 is 2.67 bits per heavy atom. The second kappa shape index (κ2) is 5.41. The highest BCUT2D eigenvalue weighted by Gasteiger charge is 2.29. The minimum atomic E-state index is 0.434. The largest absolute Gasteiger partial charge is 0.354 e. The highest BCUT2D eigenvalue weighted by molar-refractivity contribution is 6.16. The average Bonchev–Trinajstić information content (AvgIpc) is 3.09. The van der Waals surface area contributed by atoms with E-state index in [2.05, 4.69) is 20.0 Å². The fourth-order valence-corrected chi connectivity index (χ4v) is 3.09. The Bertz CT molecular complexity index is 388. The second-order valence-electron chi connectivity index (χ2n) is 5.15. The molecule has 4 nitrogen and oxygen atoms in total. The summed E-state index contributed by atoms with van der Waals surface area (Å²) < 4.78 is 0. The van der Waals surface area contributed by atoms with Crippen LogP contribution in [-0.2, 0) is 5.88 Å². The third-order valence-electron chi connectivity index (χ3n) is 3.99. The van der Waals surface area contributed by atoms with Crippen molar-refractivity contribution in [1.29, 1.82) is 0 Å². The fourth-order valence-electron chi connectivity index (χ4n) is 2.95. The maximum atomic E-state index is 5.73. The van der Waals surface area contributed by atoms with Crippen LogP contribution in [0.2, 0.25) is 0 Å². The van der Waals surface area contributed by atoms with Gasteiger partial charge < -0.3 is 4.90 Å². The van der Waals surface area contributed by atoms with Gasteiger partial charge in [0.15, 0.2) is 5.82 Å². The zero-order valence-corrected chi connectivity index (χ0v) is 11.3. The number of hydrogen-bond donors (Lipinski definition) is 0. The third-order valence-corrected chi connectivity index (χ3v) is 4.26. The topological polar surface area (TPSA) is 32.3 Å². The molecule has 0 spiro atoms. The van der Waals surface area contributed by atoms with Gasteiger partial charge in [0.05, 0.1) is 11.6 Å². The summed E-state index contributed by atoms with van der Waals surface area (Å²) in [6.45, 7) is 4.73. The number of anilines is 1. The van der Waals surface area contributed by atoms with Gasteiger partial charge in [0.1, 0.15) is 0 Å². The Morgan fingerprint density at radius 1 is 1.17 bits per heavy atom. The number of nitrogens with zero attached hydrogens (tertiary/aromatic N) is 4. The molecule has 0 aromatic carbocycles. The SMILES string of the molecule is ClCc1ccc(N2CCC(N3CCCC3)C2)nn1. The van der Waals surface area contributed by atoms with Crippen LogP contribution >= 0.6 is 11.6 Å². The number of likely N-dealkylation sites (tertiary alicyclic amines) is 1. The van der Waals surface area contributed by atoms with Crippen molar-refractivity contribution >= 4 is 17.4 Å². The lowest BCUT2D eigenvalue weighted by Gasteiger charge is -2.23. The molecule has 0 radical (unpaired) electrons. The molecule has 2 aliphatic heterocycles. The predicted molar refractivity (Wildman–Crippen MR) is 73.0 cm³/mol. The first-order valence-corrected chi connectivity index (χ1v) is 7.28.